The van der Waals surface area contributed by atoms with Gasteiger partial charge in [-0.1, -0.05) is 25.7 Å². The quantitative estimate of drug-likeness (QED) is 0.761. The van der Waals surface area contributed by atoms with Crippen LogP contribution < -0.4 is 5.32 Å². The molecular formula is C16H29NO3. The normalized spacial score (nSPS) is 31.4. The van der Waals surface area contributed by atoms with Crippen LogP contribution in [0, 0.1) is 5.92 Å². The summed E-state index contributed by atoms with van der Waals surface area (Å²) >= 11 is 0. The molecule has 0 saturated heterocycles. The van der Waals surface area contributed by atoms with Crippen molar-refractivity contribution in [1.82, 2.24) is 5.32 Å². The van der Waals surface area contributed by atoms with Gasteiger partial charge in [-0.15, -0.1) is 0 Å². The van der Waals surface area contributed by atoms with Crippen molar-refractivity contribution in [2.45, 2.75) is 69.4 Å². The zero-order valence-corrected chi connectivity index (χ0v) is 13.0. The second kappa shape index (κ2) is 7.41. The molecule has 0 spiro atoms. The molecule has 0 heterocycles. The first-order valence-electron chi connectivity index (χ1n) is 8.12. The zero-order valence-electron chi connectivity index (χ0n) is 13.0. The Labute approximate surface area is 122 Å². The first-order valence-corrected chi connectivity index (χ1v) is 8.12. The fraction of sp³-hybridized carbons (Fsp3) is 0.938. The van der Waals surface area contributed by atoms with Crippen LogP contribution in [0.15, 0.2) is 0 Å². The third kappa shape index (κ3) is 3.34. The summed E-state index contributed by atoms with van der Waals surface area (Å²) in [5.74, 6) is 0.226. The molecule has 2 saturated carbocycles. The fourth-order valence-electron chi connectivity index (χ4n) is 3.96. The summed E-state index contributed by atoms with van der Waals surface area (Å²) < 4.78 is 11.0. The molecule has 2 unspecified atom stereocenters. The Kier molecular flexibility index (Phi) is 5.85. The highest BCUT2D eigenvalue weighted by atomic mass is 16.5. The molecule has 2 rings (SSSR count). The number of likely N-dealkylation sites (N-methyl/N-ethyl adjacent to an activating group) is 1. The highest BCUT2D eigenvalue weighted by Crippen LogP contribution is 2.38. The lowest BCUT2D eigenvalue weighted by Gasteiger charge is -2.33. The van der Waals surface area contributed by atoms with E-state index < -0.39 is 5.54 Å². The molecular weight excluding hydrogens is 254 g/mol. The van der Waals surface area contributed by atoms with E-state index >= 15 is 0 Å². The van der Waals surface area contributed by atoms with E-state index in [1.807, 2.05) is 7.05 Å². The number of hydrogen-bond donors (Lipinski definition) is 1. The van der Waals surface area contributed by atoms with Crippen molar-refractivity contribution in [3.63, 3.8) is 0 Å². The number of carbonyl (C=O) groups is 1. The fourth-order valence-corrected chi connectivity index (χ4v) is 3.96. The number of esters is 1. The maximum Gasteiger partial charge on any atom is 0.326 e. The van der Waals surface area contributed by atoms with Crippen LogP contribution in [0.3, 0.4) is 0 Å². The van der Waals surface area contributed by atoms with Crippen molar-refractivity contribution in [3.05, 3.63) is 0 Å². The number of nitrogens with one attached hydrogen (secondary N) is 1. The predicted molar refractivity (Wildman–Crippen MR) is 78.6 cm³/mol. The van der Waals surface area contributed by atoms with Crippen molar-refractivity contribution >= 4 is 5.97 Å². The minimum absolute atomic E-state index is 0.111. The van der Waals surface area contributed by atoms with E-state index in [9.17, 15) is 4.79 Å². The summed E-state index contributed by atoms with van der Waals surface area (Å²) in [6.07, 6.45) is 10.8. The molecule has 116 valence electrons. The first kappa shape index (κ1) is 15.8. The standard InChI is InChI=1S/C16H29NO3/c1-17-16(15(18)19-2)11-6-7-13(16)10-12-20-14-8-4-3-5-9-14/h13-14,17H,3-12H2,1-2H3. The second-order valence-corrected chi connectivity index (χ2v) is 6.22. The van der Waals surface area contributed by atoms with Gasteiger partial charge in [0.25, 0.3) is 0 Å². The lowest BCUT2D eigenvalue weighted by molar-refractivity contribution is -0.150. The lowest BCUT2D eigenvalue weighted by atomic mass is 9.85. The van der Waals surface area contributed by atoms with Gasteiger partial charge in [-0.3, -0.25) is 4.79 Å². The molecule has 2 atom stereocenters. The molecule has 4 heteroatoms. The van der Waals surface area contributed by atoms with Gasteiger partial charge in [0, 0.05) is 6.61 Å². The number of ether oxygens (including phenoxy) is 2. The molecule has 2 fully saturated rings. The Hall–Kier alpha value is -0.610. The van der Waals surface area contributed by atoms with Gasteiger partial charge in [0.1, 0.15) is 5.54 Å². The first-order chi connectivity index (χ1) is 9.73. The highest BCUT2D eigenvalue weighted by Gasteiger charge is 2.48. The van der Waals surface area contributed by atoms with Gasteiger partial charge < -0.3 is 14.8 Å². The molecule has 0 radical (unpaired) electrons. The average molecular weight is 283 g/mol. The summed E-state index contributed by atoms with van der Waals surface area (Å²) in [7, 11) is 3.35. The van der Waals surface area contributed by atoms with Crippen LogP contribution >= 0.6 is 0 Å². The smallest absolute Gasteiger partial charge is 0.326 e. The number of rotatable bonds is 6. The third-order valence-corrected chi connectivity index (χ3v) is 5.19. The highest BCUT2D eigenvalue weighted by molar-refractivity contribution is 5.81. The molecule has 2 aliphatic rings. The van der Waals surface area contributed by atoms with Crippen LogP contribution in [0.4, 0.5) is 0 Å². The zero-order chi connectivity index (χ0) is 14.4. The van der Waals surface area contributed by atoms with E-state index in [0.29, 0.717) is 12.0 Å². The number of carbonyl (C=O) groups excluding carboxylic acids is 1. The Morgan fingerprint density at radius 1 is 1.20 bits per heavy atom. The van der Waals surface area contributed by atoms with E-state index in [1.165, 1.54) is 39.2 Å². The summed E-state index contributed by atoms with van der Waals surface area (Å²) in [4.78, 5) is 12.1. The molecule has 1 N–H and O–H groups in total. The third-order valence-electron chi connectivity index (χ3n) is 5.19. The van der Waals surface area contributed by atoms with Crippen LogP contribution in [0.5, 0.6) is 0 Å². The maximum absolute atomic E-state index is 12.1. The SMILES string of the molecule is CNC1(C(=O)OC)CCCC1CCOC1CCCCC1. The van der Waals surface area contributed by atoms with Gasteiger partial charge in [0.15, 0.2) is 0 Å². The summed E-state index contributed by atoms with van der Waals surface area (Å²) in [6, 6.07) is 0. The monoisotopic (exact) mass is 283 g/mol. The minimum atomic E-state index is -0.481. The molecule has 0 aromatic rings. The lowest BCUT2D eigenvalue weighted by Crippen LogP contribution is -2.54. The number of methoxy groups -OCH3 is 1. The van der Waals surface area contributed by atoms with Crippen molar-refractivity contribution in [3.8, 4) is 0 Å². The van der Waals surface area contributed by atoms with Gasteiger partial charge in [0.2, 0.25) is 0 Å². The van der Waals surface area contributed by atoms with E-state index in [-0.39, 0.29) is 5.97 Å². The molecule has 4 nitrogen and oxygen atoms in total. The molecule has 0 aromatic heterocycles. The van der Waals surface area contributed by atoms with E-state index in [0.717, 1.165) is 32.3 Å². The van der Waals surface area contributed by atoms with Gasteiger partial charge in [0.05, 0.1) is 13.2 Å². The summed E-state index contributed by atoms with van der Waals surface area (Å²) in [5.41, 5.74) is -0.481. The van der Waals surface area contributed by atoms with E-state index in [4.69, 9.17) is 9.47 Å². The molecule has 0 aliphatic heterocycles. The van der Waals surface area contributed by atoms with Gasteiger partial charge in [-0.05, 0) is 45.1 Å². The van der Waals surface area contributed by atoms with Crippen molar-refractivity contribution in [2.24, 2.45) is 5.92 Å². The van der Waals surface area contributed by atoms with Crippen LogP contribution in [0.25, 0.3) is 0 Å². The van der Waals surface area contributed by atoms with E-state index in [2.05, 4.69) is 5.32 Å². The maximum atomic E-state index is 12.1. The van der Waals surface area contributed by atoms with Crippen molar-refractivity contribution < 1.29 is 14.3 Å². The van der Waals surface area contributed by atoms with Crippen LogP contribution in [-0.4, -0.2) is 38.4 Å². The largest absolute Gasteiger partial charge is 0.468 e. The second-order valence-electron chi connectivity index (χ2n) is 6.22. The summed E-state index contributed by atoms with van der Waals surface area (Å²) in [5, 5.41) is 3.24. The van der Waals surface area contributed by atoms with Crippen molar-refractivity contribution in [2.75, 3.05) is 20.8 Å². The molecule has 0 amide bonds. The van der Waals surface area contributed by atoms with E-state index in [1.54, 1.807) is 0 Å². The topological polar surface area (TPSA) is 47.6 Å². The summed E-state index contributed by atoms with van der Waals surface area (Å²) in [6.45, 7) is 0.774. The van der Waals surface area contributed by atoms with Crippen LogP contribution in [-0.2, 0) is 14.3 Å². The predicted octanol–water partition coefficient (Wildman–Crippen LogP) is 2.66. The average Bonchev–Trinajstić information content (AvgIpc) is 2.91. The van der Waals surface area contributed by atoms with Gasteiger partial charge in [-0.25, -0.2) is 0 Å². The molecule has 20 heavy (non-hydrogen) atoms. The Balaban J connectivity index is 1.82. The molecule has 2 aliphatic carbocycles. The molecule has 0 bridgehead atoms. The Morgan fingerprint density at radius 2 is 1.95 bits per heavy atom. The van der Waals surface area contributed by atoms with Crippen LogP contribution in [0.2, 0.25) is 0 Å². The van der Waals surface area contributed by atoms with Gasteiger partial charge in [-0.2, -0.15) is 0 Å². The minimum Gasteiger partial charge on any atom is -0.468 e. The molecule has 0 aromatic carbocycles. The Morgan fingerprint density at radius 3 is 2.60 bits per heavy atom. The van der Waals surface area contributed by atoms with Gasteiger partial charge >= 0.3 is 5.97 Å². The van der Waals surface area contributed by atoms with Crippen molar-refractivity contribution in [1.29, 1.82) is 0 Å². The van der Waals surface area contributed by atoms with Crippen LogP contribution in [0.1, 0.15) is 57.8 Å². The Bertz CT molecular complexity index is 315. The number of hydrogen-bond acceptors (Lipinski definition) is 4.